The highest BCUT2D eigenvalue weighted by atomic mass is 32.1. The van der Waals surface area contributed by atoms with Crippen molar-refractivity contribution in [1.82, 2.24) is 15.3 Å². The molecule has 0 aromatic carbocycles. The topological polar surface area (TPSA) is 165 Å². The van der Waals surface area contributed by atoms with Crippen LogP contribution < -0.4 is 16.0 Å². The van der Waals surface area contributed by atoms with Gasteiger partial charge in [-0.1, -0.05) is 20.8 Å². The number of carboxylic acids is 2. The average molecular weight is 623 g/mol. The van der Waals surface area contributed by atoms with Crippen molar-refractivity contribution in [3.63, 3.8) is 0 Å². The van der Waals surface area contributed by atoms with Crippen molar-refractivity contribution in [1.29, 1.82) is 0 Å². The number of allylic oxidation sites excluding steroid dienone is 1. The van der Waals surface area contributed by atoms with Gasteiger partial charge in [0.25, 0.3) is 5.91 Å². The summed E-state index contributed by atoms with van der Waals surface area (Å²) in [5.74, 6) is -2.27. The lowest BCUT2D eigenvalue weighted by Gasteiger charge is -2.21. The van der Waals surface area contributed by atoms with Crippen LogP contribution in [0.5, 0.6) is 0 Å². The molecule has 2 aromatic heterocycles. The lowest BCUT2D eigenvalue weighted by atomic mass is 9.88. The number of rotatable bonds is 12. The third-order valence-electron chi connectivity index (χ3n) is 9.13. The van der Waals surface area contributed by atoms with E-state index >= 15 is 0 Å². The molecule has 2 aliphatic rings. The van der Waals surface area contributed by atoms with Crippen LogP contribution in [0.15, 0.2) is 16.1 Å². The molecule has 1 fully saturated rings. The Bertz CT molecular complexity index is 1690. The molecule has 1 unspecified atom stereocenters. The van der Waals surface area contributed by atoms with Gasteiger partial charge in [-0.15, -0.1) is 0 Å². The first-order chi connectivity index (χ1) is 20.7. The Morgan fingerprint density at radius 1 is 1.00 bits per heavy atom. The molecule has 11 heteroatoms. The Hall–Kier alpha value is -3.86. The summed E-state index contributed by atoms with van der Waals surface area (Å²) < 4.78 is 0. The van der Waals surface area contributed by atoms with Crippen LogP contribution in [0.25, 0.3) is 12.2 Å². The molecule has 0 bridgehead atoms. The number of carboxylic acid groups (broad SMARTS) is 2. The van der Waals surface area contributed by atoms with E-state index in [1.54, 1.807) is 0 Å². The van der Waals surface area contributed by atoms with E-state index < -0.39 is 11.9 Å². The van der Waals surface area contributed by atoms with E-state index in [9.17, 15) is 29.4 Å². The molecule has 2 aliphatic heterocycles. The van der Waals surface area contributed by atoms with Crippen molar-refractivity contribution in [2.75, 3.05) is 0 Å². The second-order valence-corrected chi connectivity index (χ2v) is 12.7. The van der Waals surface area contributed by atoms with E-state index in [4.69, 9.17) is 0 Å². The van der Waals surface area contributed by atoms with E-state index in [0.717, 1.165) is 44.6 Å². The van der Waals surface area contributed by atoms with Crippen LogP contribution in [0.1, 0.15) is 80.6 Å². The fourth-order valence-corrected chi connectivity index (χ4v) is 6.97. The minimum atomic E-state index is -0.912. The quantitative estimate of drug-likeness (QED) is 0.199. The van der Waals surface area contributed by atoms with Crippen molar-refractivity contribution < 1.29 is 29.4 Å². The summed E-state index contributed by atoms with van der Waals surface area (Å²) in [4.78, 5) is 59.2. The number of amides is 2. The first-order valence-corrected chi connectivity index (χ1v) is 15.6. The number of nitrogens with one attached hydrogen (secondary N) is 3. The number of hydrogen-bond acceptors (Lipinski definition) is 5. The molecule has 2 aromatic rings. The maximum absolute atomic E-state index is 12.5. The van der Waals surface area contributed by atoms with Crippen LogP contribution in [0.2, 0.25) is 0 Å². The number of aromatic amines is 2. The average Bonchev–Trinajstić information content (AvgIpc) is 3.59. The van der Waals surface area contributed by atoms with Gasteiger partial charge in [0.1, 0.15) is 0 Å². The molecule has 0 radical (unpaired) electrons. The van der Waals surface area contributed by atoms with Gasteiger partial charge in [-0.25, -0.2) is 4.99 Å². The predicted molar refractivity (Wildman–Crippen MR) is 172 cm³/mol. The van der Waals surface area contributed by atoms with Crippen molar-refractivity contribution in [3.8, 4) is 0 Å². The van der Waals surface area contributed by atoms with Crippen LogP contribution in [0.4, 0.5) is 0 Å². The lowest BCUT2D eigenvalue weighted by molar-refractivity contribution is -0.138. The minimum Gasteiger partial charge on any atom is -0.481 e. The van der Waals surface area contributed by atoms with Gasteiger partial charge >= 0.3 is 11.9 Å². The molecule has 5 N–H and O–H groups in total. The summed E-state index contributed by atoms with van der Waals surface area (Å²) >= 11 is 4.64. The number of hydrogen-bond donors (Lipinski definition) is 6. The summed E-state index contributed by atoms with van der Waals surface area (Å²) in [7, 11) is 0. The first kappa shape index (κ1) is 33.0. The van der Waals surface area contributed by atoms with Gasteiger partial charge in [0.15, 0.2) is 0 Å². The molecule has 0 aliphatic carbocycles. The summed E-state index contributed by atoms with van der Waals surface area (Å²) in [6, 6.07) is -0.243. The normalized spacial score (nSPS) is 21.8. The third kappa shape index (κ3) is 6.77. The summed E-state index contributed by atoms with van der Waals surface area (Å²) in [6.45, 7) is 11.6. The number of aliphatic carboxylic acids is 2. The highest BCUT2D eigenvalue weighted by molar-refractivity contribution is 7.80. The molecular weight excluding hydrogens is 580 g/mol. The zero-order chi connectivity index (χ0) is 32.5. The van der Waals surface area contributed by atoms with Crippen LogP contribution in [0, 0.1) is 25.7 Å². The number of aromatic nitrogens is 2. The second-order valence-electron chi connectivity index (χ2n) is 11.9. The number of H-pyrrole nitrogens is 2. The first-order valence-electron chi connectivity index (χ1n) is 15.1. The summed E-state index contributed by atoms with van der Waals surface area (Å²) in [5.41, 5.74) is 7.31. The molecule has 4 rings (SSSR count). The summed E-state index contributed by atoms with van der Waals surface area (Å²) in [6.07, 6.45) is 5.36. The zero-order valence-corrected chi connectivity index (χ0v) is 27.0. The molecule has 44 heavy (non-hydrogen) atoms. The smallest absolute Gasteiger partial charge is 0.303 e. The van der Waals surface area contributed by atoms with E-state index in [1.165, 1.54) is 0 Å². The number of carbonyl (C=O) groups excluding carboxylic acids is 2. The maximum atomic E-state index is 12.5. The highest BCUT2D eigenvalue weighted by Gasteiger charge is 2.40. The van der Waals surface area contributed by atoms with Gasteiger partial charge in [-0.3, -0.25) is 19.2 Å². The number of nitrogens with zero attached hydrogens (tertiary/aromatic N) is 1. The molecular formula is C33H42N4O6S. The fraction of sp³-hybridized carbons (Fsp3) is 0.485. The van der Waals surface area contributed by atoms with E-state index in [-0.39, 0.29) is 54.2 Å². The Morgan fingerprint density at radius 2 is 1.64 bits per heavy atom. The molecule has 1 saturated heterocycles. The van der Waals surface area contributed by atoms with Crippen LogP contribution in [0.3, 0.4) is 0 Å². The molecule has 10 nitrogen and oxygen atoms in total. The summed E-state index contributed by atoms with van der Waals surface area (Å²) in [5, 5.41) is 23.5. The van der Waals surface area contributed by atoms with Gasteiger partial charge in [0.05, 0.1) is 11.8 Å². The molecule has 0 spiro atoms. The molecule has 4 atom stereocenters. The van der Waals surface area contributed by atoms with Crippen molar-refractivity contribution in [2.45, 2.75) is 91.4 Å². The van der Waals surface area contributed by atoms with E-state index in [1.807, 2.05) is 53.7 Å². The van der Waals surface area contributed by atoms with Crippen LogP contribution in [-0.2, 0) is 38.4 Å². The third-order valence-corrected chi connectivity index (χ3v) is 9.47. The largest absolute Gasteiger partial charge is 0.481 e. The number of aliphatic imine (C=N–C) groups is 1. The monoisotopic (exact) mass is 622 g/mol. The fourth-order valence-electron chi connectivity index (χ4n) is 6.53. The number of thiol groups is 1. The van der Waals surface area contributed by atoms with Crippen molar-refractivity contribution in [3.05, 3.63) is 55.5 Å². The van der Waals surface area contributed by atoms with Crippen LogP contribution >= 0.6 is 12.6 Å². The Balaban J connectivity index is 1.85. The molecule has 236 valence electrons. The molecule has 0 saturated carbocycles. The van der Waals surface area contributed by atoms with Gasteiger partial charge in [-0.05, 0) is 80.0 Å². The van der Waals surface area contributed by atoms with Gasteiger partial charge in [0, 0.05) is 64.0 Å². The molecule has 4 heterocycles. The zero-order valence-electron chi connectivity index (χ0n) is 26.1. The van der Waals surface area contributed by atoms with Crippen LogP contribution in [-0.4, -0.2) is 60.9 Å². The van der Waals surface area contributed by atoms with E-state index in [0.29, 0.717) is 35.9 Å². The van der Waals surface area contributed by atoms with Crippen molar-refractivity contribution >= 4 is 54.2 Å². The number of carbonyl (C=O) groups is 4. The Kier molecular flexibility index (Phi) is 10.1. The SMILES string of the molecule is CCC1=C(C)C(Cc2[nH]c(/C=c3\[nH]/c(=C/C4NC(=O)[C@H](C)[C@H]4[C@@H](C)S)c(C)c3CCC(=O)O)c(CCC(=O)O)c2C)=NC1=O. The standard InChI is InChI=1S/C33H42N4O6S/c1-7-20-15(2)25(36-33(20)43)12-23-16(3)21(8-10-29(38)39)26(34-23)14-27-22(9-11-30(40)41)17(4)24(35-27)13-28-31(19(6)44)18(5)32(42)37-28/h13-14,18-19,28,31,34-35,44H,7-12H2,1-6H3,(H,37,42)(H,38,39)(H,40,41)/b24-13+,27-14-/t18-,19-,28?,31+/m1/s1. The van der Waals surface area contributed by atoms with Gasteiger partial charge in [0.2, 0.25) is 5.91 Å². The highest BCUT2D eigenvalue weighted by Crippen LogP contribution is 2.30. The Morgan fingerprint density at radius 3 is 2.20 bits per heavy atom. The second kappa shape index (κ2) is 13.4. The maximum Gasteiger partial charge on any atom is 0.303 e. The van der Waals surface area contributed by atoms with Gasteiger partial charge in [-0.2, -0.15) is 12.6 Å². The minimum absolute atomic E-state index is 0.0178. The lowest BCUT2D eigenvalue weighted by Crippen LogP contribution is -2.32. The predicted octanol–water partition coefficient (Wildman–Crippen LogP) is 2.92. The van der Waals surface area contributed by atoms with Crippen molar-refractivity contribution in [2.24, 2.45) is 16.8 Å². The Labute approximate surface area is 262 Å². The van der Waals surface area contributed by atoms with E-state index in [2.05, 4.69) is 32.9 Å². The molecule has 2 amide bonds. The van der Waals surface area contributed by atoms with Gasteiger partial charge < -0.3 is 25.5 Å².